The van der Waals surface area contributed by atoms with Crippen molar-refractivity contribution in [1.82, 2.24) is 14.7 Å². The second-order valence-electron chi connectivity index (χ2n) is 8.77. The maximum absolute atomic E-state index is 13.3. The number of allylic oxidation sites excluding steroid dienone is 1. The number of aliphatic imine (C=N–C) groups is 1. The van der Waals surface area contributed by atoms with Gasteiger partial charge in [0.25, 0.3) is 0 Å². The number of methoxy groups -OCH3 is 3. The Balaban J connectivity index is 1.71. The van der Waals surface area contributed by atoms with Crippen molar-refractivity contribution >= 4 is 34.7 Å². The molecule has 0 aliphatic carbocycles. The molecule has 2 amide bonds. The van der Waals surface area contributed by atoms with Gasteiger partial charge in [0.2, 0.25) is 11.8 Å². The number of thioether (sulfide) groups is 1. The first-order valence-corrected chi connectivity index (χ1v) is 13.0. The predicted molar refractivity (Wildman–Crippen MR) is 140 cm³/mol. The molecule has 1 unspecified atom stereocenters. The molecule has 1 saturated heterocycles. The fraction of sp³-hybridized carbons (Fsp3) is 0.462. The Bertz CT molecular complexity index is 1190. The van der Waals surface area contributed by atoms with Gasteiger partial charge in [0.05, 0.1) is 45.1 Å². The van der Waals surface area contributed by atoms with Crippen LogP contribution in [0.15, 0.2) is 45.6 Å². The van der Waals surface area contributed by atoms with E-state index >= 15 is 0 Å². The number of ether oxygens (including phenoxy) is 3. The zero-order chi connectivity index (χ0) is 26.7. The van der Waals surface area contributed by atoms with Crippen LogP contribution in [0.1, 0.15) is 38.3 Å². The summed E-state index contributed by atoms with van der Waals surface area (Å²) in [6.45, 7) is 5.49. The molecule has 198 valence electrons. The molecule has 10 nitrogen and oxygen atoms in total. The lowest BCUT2D eigenvalue weighted by molar-refractivity contribution is -0.138. The summed E-state index contributed by atoms with van der Waals surface area (Å²) in [7, 11) is 4.50. The van der Waals surface area contributed by atoms with Crippen LogP contribution in [0.4, 0.5) is 0 Å². The third-order valence-electron chi connectivity index (χ3n) is 6.77. The van der Waals surface area contributed by atoms with E-state index in [-0.39, 0.29) is 18.2 Å². The van der Waals surface area contributed by atoms with Crippen molar-refractivity contribution in [2.24, 2.45) is 4.99 Å². The van der Waals surface area contributed by atoms with Crippen molar-refractivity contribution in [3.8, 4) is 11.5 Å². The normalized spacial score (nSPS) is 19.3. The number of carbonyl (C=O) groups excluding carboxylic acids is 3. The van der Waals surface area contributed by atoms with E-state index in [0.29, 0.717) is 66.1 Å². The minimum atomic E-state index is -0.622. The average molecular weight is 529 g/mol. The quantitative estimate of drug-likeness (QED) is 0.498. The van der Waals surface area contributed by atoms with Crippen molar-refractivity contribution < 1.29 is 28.6 Å². The SMILES string of the molecule is CCC1=C(C(=O)OC)C(c2cc(OC)ccc2OC)N2C(CC(=O)N3CCN(C(C)=O)CC3)=CSC2=N1. The Morgan fingerprint density at radius 1 is 1.05 bits per heavy atom. The largest absolute Gasteiger partial charge is 0.497 e. The molecule has 1 aromatic carbocycles. The molecule has 0 aromatic heterocycles. The number of amides is 2. The van der Waals surface area contributed by atoms with E-state index in [4.69, 9.17) is 19.2 Å². The van der Waals surface area contributed by atoms with Crippen LogP contribution in [0.25, 0.3) is 0 Å². The molecule has 3 aliphatic rings. The van der Waals surface area contributed by atoms with E-state index in [2.05, 4.69) is 0 Å². The van der Waals surface area contributed by atoms with E-state index in [9.17, 15) is 14.4 Å². The van der Waals surface area contributed by atoms with Gasteiger partial charge in [-0.25, -0.2) is 9.79 Å². The topological polar surface area (TPSA) is 101 Å². The Morgan fingerprint density at radius 3 is 2.35 bits per heavy atom. The number of piperazine rings is 1. The molecular formula is C26H32N4O6S. The van der Waals surface area contributed by atoms with Crippen LogP contribution in [0, 0.1) is 0 Å². The smallest absolute Gasteiger partial charge is 0.338 e. The first-order chi connectivity index (χ1) is 17.8. The van der Waals surface area contributed by atoms with Crippen LogP contribution in [0.5, 0.6) is 11.5 Å². The van der Waals surface area contributed by atoms with Crippen LogP contribution in [-0.2, 0) is 19.1 Å². The summed E-state index contributed by atoms with van der Waals surface area (Å²) >= 11 is 1.42. The predicted octanol–water partition coefficient (Wildman–Crippen LogP) is 2.92. The lowest BCUT2D eigenvalue weighted by Crippen LogP contribution is -2.50. The first kappa shape index (κ1) is 26.6. The maximum Gasteiger partial charge on any atom is 0.338 e. The monoisotopic (exact) mass is 528 g/mol. The van der Waals surface area contributed by atoms with Crippen molar-refractivity contribution in [1.29, 1.82) is 0 Å². The van der Waals surface area contributed by atoms with Gasteiger partial charge in [0.1, 0.15) is 11.5 Å². The third kappa shape index (κ3) is 5.18. The number of carbonyl (C=O) groups is 3. The number of fused-ring (bicyclic) bond motifs is 1. The molecule has 0 saturated carbocycles. The zero-order valence-corrected chi connectivity index (χ0v) is 22.6. The second-order valence-corrected chi connectivity index (χ2v) is 9.61. The number of amidine groups is 1. The second kappa shape index (κ2) is 11.3. The Morgan fingerprint density at radius 2 is 1.76 bits per heavy atom. The molecule has 0 spiro atoms. The van der Waals surface area contributed by atoms with Gasteiger partial charge in [-0.2, -0.15) is 0 Å². The average Bonchev–Trinajstić information content (AvgIpc) is 3.33. The minimum Gasteiger partial charge on any atom is -0.497 e. The number of benzene rings is 1. The summed E-state index contributed by atoms with van der Waals surface area (Å²) in [5.41, 5.74) is 2.46. The molecule has 0 radical (unpaired) electrons. The van der Waals surface area contributed by atoms with Gasteiger partial charge < -0.3 is 28.9 Å². The molecule has 3 heterocycles. The Labute approximate surface area is 220 Å². The van der Waals surface area contributed by atoms with Gasteiger partial charge in [-0.3, -0.25) is 9.59 Å². The van der Waals surface area contributed by atoms with Crippen LogP contribution < -0.4 is 9.47 Å². The van der Waals surface area contributed by atoms with Crippen LogP contribution in [0.2, 0.25) is 0 Å². The number of rotatable bonds is 7. The van der Waals surface area contributed by atoms with E-state index < -0.39 is 12.0 Å². The van der Waals surface area contributed by atoms with Crippen LogP contribution >= 0.6 is 11.8 Å². The molecule has 1 atom stereocenters. The fourth-order valence-electron chi connectivity index (χ4n) is 4.80. The molecule has 1 aromatic rings. The highest BCUT2D eigenvalue weighted by Gasteiger charge is 2.43. The molecule has 0 bridgehead atoms. The zero-order valence-electron chi connectivity index (χ0n) is 21.8. The van der Waals surface area contributed by atoms with Crippen molar-refractivity contribution in [2.75, 3.05) is 47.5 Å². The van der Waals surface area contributed by atoms with Gasteiger partial charge in [-0.15, -0.1) is 0 Å². The van der Waals surface area contributed by atoms with Gasteiger partial charge in [0.15, 0.2) is 5.17 Å². The molecule has 0 N–H and O–H groups in total. The Kier molecular flexibility index (Phi) is 8.11. The first-order valence-electron chi connectivity index (χ1n) is 12.1. The molecule has 11 heteroatoms. The molecule has 4 rings (SSSR count). The van der Waals surface area contributed by atoms with E-state index in [1.165, 1.54) is 18.9 Å². The summed E-state index contributed by atoms with van der Waals surface area (Å²) in [5, 5.41) is 2.60. The highest BCUT2D eigenvalue weighted by atomic mass is 32.2. The Hall–Kier alpha value is -3.47. The van der Waals surface area contributed by atoms with E-state index in [1.54, 1.807) is 43.1 Å². The standard InChI is InChI=1S/C26H32N4O6S/c1-6-20-23(25(33)36-5)24(19-14-18(34-3)7-8-21(19)35-4)30-17(15-37-26(30)27-20)13-22(32)29-11-9-28(10-12-29)16(2)31/h7-8,14-15,24H,6,9-13H2,1-5H3. The van der Waals surface area contributed by atoms with Gasteiger partial charge in [0, 0.05) is 44.4 Å². The highest BCUT2D eigenvalue weighted by molar-refractivity contribution is 8.16. The number of hydrogen-bond acceptors (Lipinski definition) is 9. The summed E-state index contributed by atoms with van der Waals surface area (Å²) in [6.07, 6.45) is 0.657. The minimum absolute atomic E-state index is 0.0140. The van der Waals surface area contributed by atoms with Crippen LogP contribution in [0.3, 0.4) is 0 Å². The molecule has 1 fully saturated rings. The third-order valence-corrected chi connectivity index (χ3v) is 7.66. The van der Waals surface area contributed by atoms with Crippen molar-refractivity contribution in [2.45, 2.75) is 32.7 Å². The number of esters is 1. The number of nitrogens with zero attached hydrogens (tertiary/aromatic N) is 4. The molecule has 3 aliphatic heterocycles. The van der Waals surface area contributed by atoms with E-state index in [1.807, 2.05) is 23.3 Å². The van der Waals surface area contributed by atoms with Gasteiger partial charge in [-0.1, -0.05) is 18.7 Å². The summed E-state index contributed by atoms with van der Waals surface area (Å²) in [5.74, 6) is 0.667. The van der Waals surface area contributed by atoms with E-state index in [0.717, 1.165) is 5.70 Å². The summed E-state index contributed by atoms with van der Waals surface area (Å²) in [6, 6.07) is 4.81. The fourth-order valence-corrected chi connectivity index (χ4v) is 5.73. The summed E-state index contributed by atoms with van der Waals surface area (Å²) < 4.78 is 16.4. The lowest BCUT2D eigenvalue weighted by atomic mass is 9.92. The van der Waals surface area contributed by atoms with Crippen LogP contribution in [-0.4, -0.2) is 85.2 Å². The van der Waals surface area contributed by atoms with Gasteiger partial charge in [-0.05, 0) is 30.0 Å². The molecular weight excluding hydrogens is 496 g/mol. The van der Waals surface area contributed by atoms with Gasteiger partial charge >= 0.3 is 5.97 Å². The van der Waals surface area contributed by atoms with Crippen molar-refractivity contribution in [3.05, 3.63) is 46.1 Å². The molecule has 37 heavy (non-hydrogen) atoms. The summed E-state index contributed by atoms with van der Waals surface area (Å²) in [4.78, 5) is 48.4. The lowest BCUT2D eigenvalue weighted by Gasteiger charge is -2.38. The maximum atomic E-state index is 13.3. The highest BCUT2D eigenvalue weighted by Crippen LogP contribution is 2.48. The number of hydrogen-bond donors (Lipinski definition) is 0. The van der Waals surface area contributed by atoms with Crippen molar-refractivity contribution in [3.63, 3.8) is 0 Å².